The first kappa shape index (κ1) is 20.1. The highest BCUT2D eigenvalue weighted by Crippen LogP contribution is 2.64. The molecule has 3 rings (SSSR count). The van der Waals surface area contributed by atoms with Crippen LogP contribution < -0.4 is 10.6 Å². The van der Waals surface area contributed by atoms with Gasteiger partial charge in [-0.15, -0.1) is 0 Å². The van der Waals surface area contributed by atoms with E-state index in [4.69, 9.17) is 4.74 Å². The number of aliphatic hydroxyl groups is 1. The number of ether oxygens (including phenoxy) is 1. The van der Waals surface area contributed by atoms with Crippen molar-refractivity contribution in [2.75, 3.05) is 26.7 Å². The molecule has 1 spiro atoms. The van der Waals surface area contributed by atoms with E-state index < -0.39 is 29.1 Å². The molecule has 0 aromatic carbocycles. The van der Waals surface area contributed by atoms with Crippen LogP contribution in [0.2, 0.25) is 0 Å². The van der Waals surface area contributed by atoms with E-state index in [-0.39, 0.29) is 30.9 Å². The van der Waals surface area contributed by atoms with Crippen molar-refractivity contribution in [2.24, 2.45) is 11.8 Å². The molecule has 0 saturated carbocycles. The predicted molar refractivity (Wildman–Crippen MR) is 97.6 cm³/mol. The number of nitrogens with zero attached hydrogens (tertiary/aromatic N) is 1. The van der Waals surface area contributed by atoms with Gasteiger partial charge in [-0.25, -0.2) is 0 Å². The molecule has 3 N–H and O–H groups in total. The zero-order valence-corrected chi connectivity index (χ0v) is 16.4. The first-order valence-corrected chi connectivity index (χ1v) is 10.0. The number of nitrogens with one attached hydrogen (secondary N) is 2. The molecule has 3 heterocycles. The Hall–Kier alpha value is -1.67. The topological polar surface area (TPSA) is 108 Å². The van der Waals surface area contributed by atoms with Crippen LogP contribution in [-0.4, -0.2) is 71.7 Å². The Balaban J connectivity index is 2.00. The van der Waals surface area contributed by atoms with Gasteiger partial charge in [0.05, 0.1) is 24.0 Å². The Morgan fingerprint density at radius 3 is 2.63 bits per heavy atom. The van der Waals surface area contributed by atoms with Crippen molar-refractivity contribution >= 4 is 17.7 Å². The van der Waals surface area contributed by atoms with E-state index in [0.717, 1.165) is 12.8 Å². The van der Waals surface area contributed by atoms with E-state index in [1.807, 2.05) is 13.8 Å². The highest BCUT2D eigenvalue weighted by molar-refractivity contribution is 5.99. The number of carbonyl (C=O) groups excluding carboxylic acids is 3. The first-order chi connectivity index (χ1) is 12.9. The molecule has 2 unspecified atom stereocenters. The molecule has 8 nitrogen and oxygen atoms in total. The molecule has 27 heavy (non-hydrogen) atoms. The summed E-state index contributed by atoms with van der Waals surface area (Å²) in [4.78, 5) is 40.4. The minimum absolute atomic E-state index is 0.0614. The Kier molecular flexibility index (Phi) is 5.49. The number of hydrogen-bond acceptors (Lipinski definition) is 5. The molecule has 0 radical (unpaired) electrons. The van der Waals surface area contributed by atoms with Crippen molar-refractivity contribution in [2.45, 2.75) is 63.2 Å². The molecule has 3 aliphatic heterocycles. The van der Waals surface area contributed by atoms with E-state index in [2.05, 4.69) is 10.6 Å². The lowest BCUT2D eigenvalue weighted by atomic mass is 9.65. The number of β-amino-alcohol motifs (C(OH)–C–C–N with tert-alkyl or cyclic N) is 1. The van der Waals surface area contributed by atoms with Crippen LogP contribution in [0, 0.1) is 11.8 Å². The van der Waals surface area contributed by atoms with Crippen LogP contribution in [0.1, 0.15) is 46.0 Å². The molecule has 152 valence electrons. The van der Waals surface area contributed by atoms with Crippen molar-refractivity contribution in [1.82, 2.24) is 15.5 Å². The molecule has 5 atom stereocenters. The van der Waals surface area contributed by atoms with Gasteiger partial charge in [0.2, 0.25) is 17.7 Å². The first-order valence-electron chi connectivity index (χ1n) is 10.0. The second-order valence-electron chi connectivity index (χ2n) is 7.85. The van der Waals surface area contributed by atoms with Gasteiger partial charge in [-0.1, -0.05) is 20.3 Å². The number of carbonyl (C=O) groups is 3. The minimum atomic E-state index is -0.990. The number of unbranched alkanes of at least 4 members (excludes halogenated alkanes) is 1. The van der Waals surface area contributed by atoms with Gasteiger partial charge < -0.3 is 25.4 Å². The standard InChI is InChI=1S/C19H31N3O5/c1-4-6-9-21-16(25)14-19-8-7-18(5-2,27-19)12(15(24)20-3)13(19)17(26)22(14)10-11-23/h12-14,23H,4-11H2,1-3H3,(H,20,24)(H,21,25)/t12-,13-,14?,18+,19?/m0/s1. The summed E-state index contributed by atoms with van der Waals surface area (Å²) in [5.74, 6) is -2.02. The van der Waals surface area contributed by atoms with E-state index in [1.54, 1.807) is 7.05 Å². The van der Waals surface area contributed by atoms with Crippen LogP contribution in [0.4, 0.5) is 0 Å². The second kappa shape index (κ2) is 7.39. The summed E-state index contributed by atoms with van der Waals surface area (Å²) < 4.78 is 6.48. The summed E-state index contributed by atoms with van der Waals surface area (Å²) >= 11 is 0. The average molecular weight is 381 g/mol. The fourth-order valence-corrected chi connectivity index (χ4v) is 5.41. The predicted octanol–water partition coefficient (Wildman–Crippen LogP) is -0.204. The Labute approximate surface area is 160 Å². The maximum atomic E-state index is 13.3. The third-order valence-electron chi connectivity index (χ3n) is 6.63. The van der Waals surface area contributed by atoms with Crippen LogP contribution in [0.25, 0.3) is 0 Å². The molecule has 3 fully saturated rings. The molecule has 0 aromatic rings. The van der Waals surface area contributed by atoms with Crippen molar-refractivity contribution < 1.29 is 24.2 Å². The molecule has 3 aliphatic rings. The molecular formula is C19H31N3O5. The highest BCUT2D eigenvalue weighted by Gasteiger charge is 2.78. The number of rotatable bonds is 8. The van der Waals surface area contributed by atoms with Gasteiger partial charge >= 0.3 is 0 Å². The van der Waals surface area contributed by atoms with E-state index >= 15 is 0 Å². The number of aliphatic hydroxyl groups excluding tert-OH is 1. The van der Waals surface area contributed by atoms with Crippen LogP contribution in [0.15, 0.2) is 0 Å². The fourth-order valence-electron chi connectivity index (χ4n) is 5.41. The Morgan fingerprint density at radius 1 is 1.30 bits per heavy atom. The summed E-state index contributed by atoms with van der Waals surface area (Å²) in [5, 5.41) is 15.1. The van der Waals surface area contributed by atoms with Crippen molar-refractivity contribution in [3.8, 4) is 0 Å². The monoisotopic (exact) mass is 381 g/mol. The normalized spacial score (nSPS) is 36.8. The number of amides is 3. The van der Waals surface area contributed by atoms with Gasteiger partial charge in [-0.05, 0) is 25.7 Å². The van der Waals surface area contributed by atoms with Crippen LogP contribution in [-0.2, 0) is 19.1 Å². The summed E-state index contributed by atoms with van der Waals surface area (Å²) in [5.41, 5.74) is -1.69. The molecule has 3 amide bonds. The van der Waals surface area contributed by atoms with Crippen LogP contribution >= 0.6 is 0 Å². The molecular weight excluding hydrogens is 350 g/mol. The molecule has 8 heteroatoms. The maximum absolute atomic E-state index is 13.3. The van der Waals surface area contributed by atoms with Gasteiger partial charge in [0.25, 0.3) is 0 Å². The smallest absolute Gasteiger partial charge is 0.245 e. The lowest BCUT2D eigenvalue weighted by Crippen LogP contribution is -2.55. The average Bonchev–Trinajstić information content (AvgIpc) is 3.26. The maximum Gasteiger partial charge on any atom is 0.245 e. The summed E-state index contributed by atoms with van der Waals surface area (Å²) in [6, 6.07) is -0.804. The minimum Gasteiger partial charge on any atom is -0.395 e. The summed E-state index contributed by atoms with van der Waals surface area (Å²) in [6.07, 6.45) is 3.63. The summed E-state index contributed by atoms with van der Waals surface area (Å²) in [7, 11) is 1.56. The number of likely N-dealkylation sites (tertiary alicyclic amines) is 1. The van der Waals surface area contributed by atoms with Crippen LogP contribution in [0.5, 0.6) is 0 Å². The molecule has 3 saturated heterocycles. The lowest BCUT2D eigenvalue weighted by molar-refractivity contribution is -0.147. The SMILES string of the molecule is CCCCNC(=O)C1N(CCO)C(=O)[C@@H]2[C@@H](C(=O)NC)[C@@]3(CC)CCC12O3. The second-order valence-corrected chi connectivity index (χ2v) is 7.85. The van der Waals surface area contributed by atoms with Crippen LogP contribution in [0.3, 0.4) is 0 Å². The van der Waals surface area contributed by atoms with Gasteiger partial charge in [0.1, 0.15) is 11.6 Å². The van der Waals surface area contributed by atoms with Crippen molar-refractivity contribution in [3.63, 3.8) is 0 Å². The quantitative estimate of drug-likeness (QED) is 0.505. The van der Waals surface area contributed by atoms with Gasteiger partial charge in [0, 0.05) is 20.1 Å². The Morgan fingerprint density at radius 2 is 2.04 bits per heavy atom. The van der Waals surface area contributed by atoms with E-state index in [1.165, 1.54) is 4.90 Å². The van der Waals surface area contributed by atoms with Crippen molar-refractivity contribution in [1.29, 1.82) is 0 Å². The van der Waals surface area contributed by atoms with E-state index in [9.17, 15) is 19.5 Å². The molecule has 2 bridgehead atoms. The van der Waals surface area contributed by atoms with Gasteiger partial charge in [-0.2, -0.15) is 0 Å². The van der Waals surface area contributed by atoms with Crippen molar-refractivity contribution in [3.05, 3.63) is 0 Å². The zero-order valence-electron chi connectivity index (χ0n) is 16.4. The zero-order chi connectivity index (χ0) is 19.8. The fraction of sp³-hybridized carbons (Fsp3) is 0.842. The van der Waals surface area contributed by atoms with Gasteiger partial charge in [0.15, 0.2) is 0 Å². The number of hydrogen-bond donors (Lipinski definition) is 3. The van der Waals surface area contributed by atoms with Gasteiger partial charge in [-0.3, -0.25) is 14.4 Å². The molecule has 0 aromatic heterocycles. The Bertz CT molecular complexity index is 626. The lowest BCUT2D eigenvalue weighted by Gasteiger charge is -2.33. The largest absolute Gasteiger partial charge is 0.395 e. The highest BCUT2D eigenvalue weighted by atomic mass is 16.5. The third-order valence-corrected chi connectivity index (χ3v) is 6.63. The van der Waals surface area contributed by atoms with E-state index in [0.29, 0.717) is 25.8 Å². The number of fused-ring (bicyclic) bond motifs is 1. The summed E-state index contributed by atoms with van der Waals surface area (Å²) in [6.45, 7) is 4.36. The third kappa shape index (κ3) is 2.76. The molecule has 0 aliphatic carbocycles.